The summed E-state index contributed by atoms with van der Waals surface area (Å²) in [7, 11) is -9.39. The van der Waals surface area contributed by atoms with Crippen LogP contribution in [0.4, 0.5) is 11.4 Å². The molecule has 0 radical (unpaired) electrons. The minimum absolute atomic E-state index is 0.0693. The molecule has 0 spiro atoms. The quantitative estimate of drug-likeness (QED) is 0.161. The van der Waals surface area contributed by atoms with E-state index in [0.29, 0.717) is 18.2 Å². The molecule has 0 aliphatic carbocycles. The van der Waals surface area contributed by atoms with Gasteiger partial charge in [0.05, 0.1) is 22.8 Å². The monoisotopic (exact) mass is 679 g/mol. The zero-order valence-corrected chi connectivity index (χ0v) is 26.0. The molecule has 4 rings (SSSR count). The van der Waals surface area contributed by atoms with E-state index in [1.165, 1.54) is 13.0 Å². The van der Waals surface area contributed by atoms with Gasteiger partial charge in [0.2, 0.25) is 26.0 Å². The second-order valence-corrected chi connectivity index (χ2v) is 13.8. The summed E-state index contributed by atoms with van der Waals surface area (Å²) in [6, 6.07) is 11.2. The second kappa shape index (κ2) is 13.1. The SMILES string of the molecule is C[C@H](N[C@@H](CCc1ccccc1)C(=O)O)C(=O)N(c1cc(Cl)c(S(N)(=O)=O)cc1S(N)(=O)=O)C1c2ccccc2NC1C(=O)O. The maximum Gasteiger partial charge on any atom is 0.328 e. The van der Waals surface area contributed by atoms with Gasteiger partial charge in [-0.3, -0.25) is 19.8 Å². The van der Waals surface area contributed by atoms with Gasteiger partial charge in [-0.15, -0.1) is 0 Å². The van der Waals surface area contributed by atoms with Gasteiger partial charge in [-0.25, -0.2) is 31.9 Å². The Morgan fingerprint density at radius 2 is 1.56 bits per heavy atom. The predicted octanol–water partition coefficient (Wildman–Crippen LogP) is 1.65. The maximum atomic E-state index is 14.3. The Labute approximate surface area is 264 Å². The first-order valence-electron chi connectivity index (χ1n) is 13.3. The van der Waals surface area contributed by atoms with Crippen LogP contribution in [-0.2, 0) is 40.9 Å². The summed E-state index contributed by atoms with van der Waals surface area (Å²) in [6.07, 6.45) is 0.413. The average Bonchev–Trinajstić information content (AvgIpc) is 3.34. The molecule has 0 bridgehead atoms. The van der Waals surface area contributed by atoms with E-state index in [9.17, 15) is 41.4 Å². The zero-order chi connectivity index (χ0) is 33.3. The molecule has 0 aromatic heterocycles. The lowest BCUT2D eigenvalue weighted by molar-refractivity contribution is -0.140. The number of nitrogens with zero attached hydrogens (tertiary/aromatic N) is 1. The van der Waals surface area contributed by atoms with Crippen LogP contribution < -0.4 is 25.8 Å². The maximum absolute atomic E-state index is 14.3. The zero-order valence-electron chi connectivity index (χ0n) is 23.6. The van der Waals surface area contributed by atoms with Crippen LogP contribution in [0.3, 0.4) is 0 Å². The first-order valence-corrected chi connectivity index (χ1v) is 16.8. The van der Waals surface area contributed by atoms with Gasteiger partial charge in [0.1, 0.15) is 21.9 Å². The van der Waals surface area contributed by atoms with Crippen molar-refractivity contribution in [3.05, 3.63) is 82.9 Å². The van der Waals surface area contributed by atoms with E-state index in [4.69, 9.17) is 21.9 Å². The molecule has 240 valence electrons. The molecule has 8 N–H and O–H groups in total. The molecule has 3 aromatic rings. The highest BCUT2D eigenvalue weighted by Crippen LogP contribution is 2.44. The smallest absolute Gasteiger partial charge is 0.328 e. The van der Waals surface area contributed by atoms with E-state index in [-0.39, 0.29) is 12.0 Å². The van der Waals surface area contributed by atoms with Gasteiger partial charge in [0.15, 0.2) is 0 Å². The fourth-order valence-electron chi connectivity index (χ4n) is 5.18. The number of carboxylic acid groups (broad SMARTS) is 2. The molecule has 4 atom stereocenters. The largest absolute Gasteiger partial charge is 0.480 e. The van der Waals surface area contributed by atoms with Crippen molar-refractivity contribution >= 4 is 60.9 Å². The van der Waals surface area contributed by atoms with Crippen LogP contribution >= 0.6 is 11.6 Å². The molecular weight excluding hydrogens is 650 g/mol. The number of fused-ring (bicyclic) bond motifs is 1. The summed E-state index contributed by atoms with van der Waals surface area (Å²) < 4.78 is 50.1. The Morgan fingerprint density at radius 3 is 2.13 bits per heavy atom. The Morgan fingerprint density at radius 1 is 0.956 bits per heavy atom. The van der Waals surface area contributed by atoms with Crippen LogP contribution in [0.15, 0.2) is 76.5 Å². The van der Waals surface area contributed by atoms with Crippen molar-refractivity contribution in [2.75, 3.05) is 10.2 Å². The van der Waals surface area contributed by atoms with Gasteiger partial charge in [-0.2, -0.15) is 0 Å². The van der Waals surface area contributed by atoms with Gasteiger partial charge >= 0.3 is 11.9 Å². The Balaban J connectivity index is 1.87. The predicted molar refractivity (Wildman–Crippen MR) is 165 cm³/mol. The van der Waals surface area contributed by atoms with Crippen molar-refractivity contribution in [1.29, 1.82) is 0 Å². The van der Waals surface area contributed by atoms with Gasteiger partial charge < -0.3 is 15.5 Å². The van der Waals surface area contributed by atoms with E-state index in [2.05, 4.69) is 10.6 Å². The number of primary sulfonamides is 2. The molecule has 17 heteroatoms. The number of hydrogen-bond donors (Lipinski definition) is 6. The molecule has 1 aliphatic heterocycles. The first-order chi connectivity index (χ1) is 21.0. The molecule has 1 aliphatic rings. The summed E-state index contributed by atoms with van der Waals surface area (Å²) in [5.41, 5.74) is 0.909. The molecular formula is C28H30ClN5O9S2. The number of nitrogens with one attached hydrogen (secondary N) is 2. The minimum atomic E-state index is -4.81. The summed E-state index contributed by atoms with van der Waals surface area (Å²) in [4.78, 5) is 38.1. The number of nitrogens with two attached hydrogens (primary N) is 2. The number of benzene rings is 3. The van der Waals surface area contributed by atoms with Crippen molar-refractivity contribution in [3.63, 3.8) is 0 Å². The molecule has 3 aromatic carbocycles. The topological polar surface area (TPSA) is 239 Å². The molecule has 14 nitrogen and oxygen atoms in total. The summed E-state index contributed by atoms with van der Waals surface area (Å²) in [5, 5.41) is 35.7. The Bertz CT molecular complexity index is 1860. The number of carboxylic acids is 2. The van der Waals surface area contributed by atoms with Crippen LogP contribution in [0, 0.1) is 0 Å². The van der Waals surface area contributed by atoms with Gasteiger partial charge in [-0.1, -0.05) is 60.1 Å². The van der Waals surface area contributed by atoms with E-state index < -0.39 is 82.6 Å². The highest BCUT2D eigenvalue weighted by molar-refractivity contribution is 7.90. The Kier molecular flexibility index (Phi) is 9.86. The van der Waals surface area contributed by atoms with Crippen LogP contribution in [0.25, 0.3) is 0 Å². The van der Waals surface area contributed by atoms with E-state index in [0.717, 1.165) is 16.5 Å². The highest BCUT2D eigenvalue weighted by Gasteiger charge is 2.46. The third-order valence-electron chi connectivity index (χ3n) is 7.26. The van der Waals surface area contributed by atoms with Crippen molar-refractivity contribution in [2.45, 2.75) is 53.7 Å². The van der Waals surface area contributed by atoms with Crippen molar-refractivity contribution in [2.24, 2.45) is 10.3 Å². The van der Waals surface area contributed by atoms with E-state index in [1.807, 2.05) is 18.2 Å². The highest BCUT2D eigenvalue weighted by atomic mass is 35.5. The number of aliphatic carboxylic acids is 2. The molecule has 2 unspecified atom stereocenters. The number of rotatable bonds is 12. The lowest BCUT2D eigenvalue weighted by Crippen LogP contribution is -2.54. The van der Waals surface area contributed by atoms with Crippen molar-refractivity contribution < 1.29 is 41.4 Å². The fourth-order valence-corrected chi connectivity index (χ4v) is 7.08. The van der Waals surface area contributed by atoms with Crippen LogP contribution in [0.1, 0.15) is 30.5 Å². The molecule has 0 fully saturated rings. The summed E-state index contributed by atoms with van der Waals surface area (Å²) >= 11 is 6.24. The lowest BCUT2D eigenvalue weighted by Gasteiger charge is -2.35. The number of carbonyl (C=O) groups is 3. The minimum Gasteiger partial charge on any atom is -0.480 e. The Hall–Kier alpha value is -4.06. The first kappa shape index (κ1) is 33.8. The van der Waals surface area contributed by atoms with Crippen LogP contribution in [-0.4, -0.2) is 63.0 Å². The van der Waals surface area contributed by atoms with Gasteiger partial charge in [0, 0.05) is 11.3 Å². The summed E-state index contributed by atoms with van der Waals surface area (Å²) in [6.45, 7) is 1.33. The fraction of sp³-hybridized carbons (Fsp3) is 0.250. The number of anilines is 2. The molecule has 0 saturated carbocycles. The van der Waals surface area contributed by atoms with Crippen molar-refractivity contribution in [3.8, 4) is 0 Å². The number of halogens is 1. The molecule has 45 heavy (non-hydrogen) atoms. The average molecular weight is 680 g/mol. The number of carbonyl (C=O) groups excluding carboxylic acids is 1. The number of aryl methyl sites for hydroxylation is 1. The van der Waals surface area contributed by atoms with Gasteiger partial charge in [0.25, 0.3) is 0 Å². The van der Waals surface area contributed by atoms with E-state index in [1.54, 1.807) is 30.3 Å². The second-order valence-electron chi connectivity index (χ2n) is 10.3. The number of amides is 1. The van der Waals surface area contributed by atoms with E-state index >= 15 is 0 Å². The van der Waals surface area contributed by atoms with Gasteiger partial charge in [-0.05, 0) is 43.5 Å². The lowest BCUT2D eigenvalue weighted by atomic mass is 9.99. The van der Waals surface area contributed by atoms with Crippen LogP contribution in [0.5, 0.6) is 0 Å². The molecule has 0 saturated heterocycles. The molecule has 1 heterocycles. The molecule has 1 amide bonds. The third kappa shape index (κ3) is 7.43. The van der Waals surface area contributed by atoms with Crippen molar-refractivity contribution in [1.82, 2.24) is 5.32 Å². The summed E-state index contributed by atoms with van der Waals surface area (Å²) in [5.74, 6) is -3.63. The number of para-hydroxylation sites is 1. The van der Waals surface area contributed by atoms with Crippen LogP contribution in [0.2, 0.25) is 5.02 Å². The third-order valence-corrected chi connectivity index (χ3v) is 9.57. The normalized spacial score (nSPS) is 17.5. The number of hydrogen-bond acceptors (Lipinski definition) is 9. The number of sulfonamides is 2. The standard InChI is InChI=1S/C28H30ClN5O9S2/c1-15(32-20(27(36)37)12-11-16-7-3-2-4-8-16)26(35)34(25-17-9-5-6-10-19(17)33-24(25)28(38)39)21-13-18(29)22(44(30,40)41)14-23(21)45(31,42)43/h2-10,13-15,20,24-25,32-33H,11-12H2,1H3,(H,36,37)(H,38,39)(H2,30,40,41)(H2,31,42,43)/t15-,20-,24?,25?/m0/s1.